The Morgan fingerprint density at radius 3 is 2.14 bits per heavy atom. The molecule has 13 N–H and O–H groups in total. The normalized spacial score (nSPS) is 20.0. The standard InChI is InChI=1S/C37H66N9O18P3S.Na/c1-4-5-6-7-8-9-10-11-12-13-14-25(34(51)42-19-26(38)47)68-18-17-40-27(48)15-16-41-35(52)31(50)37(2,3)21-61-67(58,59)64-66(56,57)60-20-24-30(63-65(53,54)55)29(49)36(62-24)46-23-45-28-32(39)43-22-44-33(28)46;/h22-25,29-31,36,49-50H,4-21H2,1-3H3,(H2,38,47)(H,40,48)(H,41,52)(H,42,51)(H,56,57)(H,58,59)(H2,39,43,44)(H2,53,54,55);. The first-order valence-corrected chi connectivity index (χ1v) is 27.5. The van der Waals surface area contributed by atoms with Crippen LogP contribution in [-0.4, -0.2) is 171 Å². The van der Waals surface area contributed by atoms with Crippen molar-refractivity contribution >= 4 is 105 Å². The smallest absolute Gasteiger partial charge is 0.386 e. The molecule has 0 spiro atoms. The number of nitrogens with two attached hydrogens (primary N) is 2. The van der Waals surface area contributed by atoms with Crippen LogP contribution in [0.2, 0.25) is 0 Å². The summed E-state index contributed by atoms with van der Waals surface area (Å²) in [7, 11) is -16.5. The first kappa shape index (κ1) is 62.9. The van der Waals surface area contributed by atoms with Crippen molar-refractivity contribution in [1.29, 1.82) is 0 Å². The van der Waals surface area contributed by atoms with Crippen molar-refractivity contribution in [3.05, 3.63) is 12.7 Å². The second-order valence-electron chi connectivity index (χ2n) is 16.6. The number of aliphatic hydroxyl groups is 2. The summed E-state index contributed by atoms with van der Waals surface area (Å²) in [4.78, 5) is 100. The van der Waals surface area contributed by atoms with E-state index >= 15 is 0 Å². The Morgan fingerprint density at radius 1 is 0.899 bits per heavy atom. The number of nitrogens with zero attached hydrogens (tertiary/aromatic N) is 4. The minimum absolute atomic E-state index is 0. The Kier molecular flexibility index (Phi) is 27.5. The molecule has 0 saturated carbocycles. The molecule has 1 radical (unpaired) electrons. The van der Waals surface area contributed by atoms with E-state index in [0.29, 0.717) is 12.2 Å². The summed E-state index contributed by atoms with van der Waals surface area (Å²) in [6.45, 7) is 2.32. The number of aromatic nitrogens is 4. The van der Waals surface area contributed by atoms with Crippen molar-refractivity contribution in [2.45, 2.75) is 134 Å². The van der Waals surface area contributed by atoms with Crippen LogP contribution in [0.4, 0.5) is 5.82 Å². The fraction of sp³-hybridized carbons (Fsp3) is 0.757. The number of hydrogen-bond donors (Lipinski definition) is 11. The molecule has 3 rings (SSSR count). The molecular weight excluding hydrogens is 1010 g/mol. The number of rotatable bonds is 34. The van der Waals surface area contributed by atoms with E-state index in [-0.39, 0.29) is 78.5 Å². The molecule has 1 aliphatic heterocycles. The number of thioether (sulfide) groups is 1. The molecule has 4 amide bonds. The number of aliphatic hydroxyl groups excluding tert-OH is 2. The maximum Gasteiger partial charge on any atom is 0.481 e. The number of primary amides is 1. The quantitative estimate of drug-likeness (QED) is 0.0265. The van der Waals surface area contributed by atoms with Crippen LogP contribution in [-0.2, 0) is 55.5 Å². The largest absolute Gasteiger partial charge is 0.481 e. The van der Waals surface area contributed by atoms with E-state index in [2.05, 4.69) is 46.7 Å². The molecule has 8 atom stereocenters. The number of unbranched alkanes of at least 4 members (excludes halogenated alkanes) is 9. The van der Waals surface area contributed by atoms with E-state index in [0.717, 1.165) is 42.9 Å². The van der Waals surface area contributed by atoms with Crippen LogP contribution in [0, 0.1) is 5.41 Å². The summed E-state index contributed by atoms with van der Waals surface area (Å²) < 4.78 is 62.5. The number of carbonyl (C=O) groups excluding carboxylic acids is 4. The van der Waals surface area contributed by atoms with Gasteiger partial charge in [0.05, 0.1) is 31.3 Å². The summed E-state index contributed by atoms with van der Waals surface area (Å²) in [6.07, 6.45) is 4.94. The molecule has 32 heteroatoms. The van der Waals surface area contributed by atoms with Gasteiger partial charge in [0.2, 0.25) is 23.6 Å². The van der Waals surface area contributed by atoms with Gasteiger partial charge in [-0.2, -0.15) is 4.31 Å². The maximum absolute atomic E-state index is 12.8. The average molecular weight is 1070 g/mol. The number of anilines is 1. The van der Waals surface area contributed by atoms with Gasteiger partial charge in [-0.05, 0) is 6.42 Å². The third-order valence-corrected chi connectivity index (χ3v) is 14.8. The van der Waals surface area contributed by atoms with Crippen molar-refractivity contribution in [2.24, 2.45) is 11.1 Å². The molecule has 1 fully saturated rings. The Hall–Kier alpha value is -2.17. The number of fused-ring (bicyclic) bond motifs is 1. The second kappa shape index (κ2) is 30.1. The number of imidazole rings is 1. The first-order chi connectivity index (χ1) is 31.9. The maximum atomic E-state index is 12.8. The molecule has 0 aromatic carbocycles. The van der Waals surface area contributed by atoms with Gasteiger partial charge in [0, 0.05) is 60.2 Å². The van der Waals surface area contributed by atoms with Crippen LogP contribution in [0.25, 0.3) is 11.2 Å². The van der Waals surface area contributed by atoms with Crippen LogP contribution in [0.5, 0.6) is 0 Å². The summed E-state index contributed by atoms with van der Waals surface area (Å²) in [5.74, 6) is -2.10. The van der Waals surface area contributed by atoms with Gasteiger partial charge in [-0.1, -0.05) is 85.0 Å². The van der Waals surface area contributed by atoms with Crippen molar-refractivity contribution < 1.29 is 85.3 Å². The topological polar surface area (TPSA) is 419 Å². The monoisotopic (exact) mass is 1070 g/mol. The number of ether oxygens (including phenoxy) is 1. The fourth-order valence-electron chi connectivity index (χ4n) is 6.73. The Balaban J connectivity index is 0.0000163. The number of phosphoric acid groups is 3. The molecular formula is C37H66N9NaO18P3S. The summed E-state index contributed by atoms with van der Waals surface area (Å²) in [5.41, 5.74) is 9.42. The Labute approximate surface area is 425 Å². The molecule has 69 heavy (non-hydrogen) atoms. The number of amides is 4. The SMILES string of the molecule is CCCCCCCCCCCCC(SCCNC(=O)CCNC(=O)C(O)C(C)(C)COP(=O)(O)OP(=O)(O)OCC1OC(n2cnc3c(N)ncnc32)C(O)C1OP(=O)(O)O)C(=O)NCC(N)=O.[Na]. The van der Waals surface area contributed by atoms with E-state index in [1.807, 2.05) is 0 Å². The van der Waals surface area contributed by atoms with Crippen LogP contribution in [0.3, 0.4) is 0 Å². The van der Waals surface area contributed by atoms with Gasteiger partial charge in [-0.15, -0.1) is 11.8 Å². The summed E-state index contributed by atoms with van der Waals surface area (Å²) in [6, 6.07) is 0. The molecule has 2 aromatic rings. The number of phosphoric ester groups is 3. The van der Waals surface area contributed by atoms with E-state index in [1.165, 1.54) is 64.1 Å². The van der Waals surface area contributed by atoms with Gasteiger partial charge in [-0.3, -0.25) is 37.3 Å². The van der Waals surface area contributed by atoms with Crippen molar-refractivity contribution in [1.82, 2.24) is 35.5 Å². The summed E-state index contributed by atoms with van der Waals surface area (Å²) in [5, 5.41) is 28.8. The van der Waals surface area contributed by atoms with Crippen LogP contribution in [0.1, 0.15) is 104 Å². The molecule has 389 valence electrons. The predicted octanol–water partition coefficient (Wildman–Crippen LogP) is 1.04. The molecule has 1 saturated heterocycles. The minimum atomic E-state index is -5.60. The van der Waals surface area contributed by atoms with Crippen molar-refractivity contribution in [3.8, 4) is 0 Å². The van der Waals surface area contributed by atoms with Gasteiger partial charge in [-0.25, -0.2) is 28.6 Å². The zero-order chi connectivity index (χ0) is 50.7. The van der Waals surface area contributed by atoms with E-state index in [1.54, 1.807) is 0 Å². The molecule has 8 unspecified atom stereocenters. The molecule has 27 nitrogen and oxygen atoms in total. The van der Waals surface area contributed by atoms with Crippen molar-refractivity contribution in [3.63, 3.8) is 0 Å². The van der Waals surface area contributed by atoms with Crippen LogP contribution in [0.15, 0.2) is 12.7 Å². The zero-order valence-corrected chi connectivity index (χ0v) is 44.6. The molecule has 1 aliphatic rings. The van der Waals surface area contributed by atoms with E-state index < -0.39 is 95.7 Å². The van der Waals surface area contributed by atoms with Gasteiger partial charge in [0.15, 0.2) is 17.7 Å². The Morgan fingerprint density at radius 2 is 1.52 bits per heavy atom. The minimum Gasteiger partial charge on any atom is -0.386 e. The van der Waals surface area contributed by atoms with Gasteiger partial charge in [0.25, 0.3) is 0 Å². The molecule has 0 aliphatic carbocycles. The first-order valence-electron chi connectivity index (χ1n) is 21.9. The van der Waals surface area contributed by atoms with Gasteiger partial charge >= 0.3 is 23.5 Å². The number of nitrogen functional groups attached to an aromatic ring is 1. The molecule has 0 bridgehead atoms. The van der Waals surface area contributed by atoms with Crippen LogP contribution < -0.4 is 27.4 Å². The van der Waals surface area contributed by atoms with Gasteiger partial charge in [0.1, 0.15) is 36.3 Å². The number of carbonyl (C=O) groups is 4. The van der Waals surface area contributed by atoms with Crippen molar-refractivity contribution in [2.75, 3.05) is 44.3 Å². The second-order valence-corrected chi connectivity index (χ2v) is 22.1. The molecule has 2 aromatic heterocycles. The average Bonchev–Trinajstić information content (AvgIpc) is 3.82. The number of hydrogen-bond acceptors (Lipinski definition) is 19. The number of nitrogens with one attached hydrogen (secondary N) is 3. The zero-order valence-electron chi connectivity index (χ0n) is 39.1. The Bertz CT molecular complexity index is 2110. The summed E-state index contributed by atoms with van der Waals surface area (Å²) >= 11 is 1.33. The molecule has 3 heterocycles. The third kappa shape index (κ3) is 22.6. The van der Waals surface area contributed by atoms with E-state index in [9.17, 15) is 62.7 Å². The third-order valence-electron chi connectivity index (χ3n) is 10.4. The fourth-order valence-corrected chi connectivity index (χ4v) is 10.6. The van der Waals surface area contributed by atoms with Gasteiger partial charge < -0.3 is 61.9 Å². The van der Waals surface area contributed by atoms with E-state index in [4.69, 9.17) is 25.3 Å². The predicted molar refractivity (Wildman–Crippen MR) is 250 cm³/mol. The van der Waals surface area contributed by atoms with Crippen LogP contribution >= 0.6 is 35.2 Å².